The maximum Gasteiger partial charge on any atom is 0.130 e. The molecule has 1 heterocycles. The van der Waals surface area contributed by atoms with Gasteiger partial charge in [0, 0.05) is 11.1 Å². The van der Waals surface area contributed by atoms with E-state index in [-0.39, 0.29) is 5.92 Å². The monoisotopic (exact) mass is 337 g/mol. The van der Waals surface area contributed by atoms with Crippen LogP contribution in [-0.2, 0) is 17.8 Å². The van der Waals surface area contributed by atoms with E-state index >= 15 is 0 Å². The van der Waals surface area contributed by atoms with E-state index < -0.39 is 0 Å². The summed E-state index contributed by atoms with van der Waals surface area (Å²) in [6, 6.07) is 18.0. The largest absolute Gasteiger partial charge is 0.489 e. The van der Waals surface area contributed by atoms with Crippen LogP contribution in [0, 0.1) is 6.92 Å². The highest BCUT2D eigenvalue weighted by molar-refractivity contribution is 7.09. The molecule has 3 rings (SSSR count). The van der Waals surface area contributed by atoms with Crippen molar-refractivity contribution >= 4 is 17.6 Å². The lowest BCUT2D eigenvalue weighted by Crippen LogP contribution is -2.04. The molecule has 0 spiro atoms. The molecule has 0 bridgehead atoms. The molecule has 0 saturated heterocycles. The molecule has 1 aromatic heterocycles. The molecular weight excluding hydrogens is 318 g/mol. The lowest BCUT2D eigenvalue weighted by Gasteiger charge is -2.09. The average Bonchev–Trinajstić information content (AvgIpc) is 3.06. The fourth-order valence-electron chi connectivity index (χ4n) is 2.45. The Morgan fingerprint density at radius 3 is 2.46 bits per heavy atom. The van der Waals surface area contributed by atoms with Crippen molar-refractivity contribution in [2.24, 2.45) is 0 Å². The summed E-state index contributed by atoms with van der Waals surface area (Å²) >= 11 is 1.54. The van der Waals surface area contributed by atoms with Crippen molar-refractivity contribution in [2.45, 2.75) is 25.9 Å². The van der Waals surface area contributed by atoms with E-state index in [0.717, 1.165) is 33.9 Å². The van der Waals surface area contributed by atoms with Gasteiger partial charge in [0.15, 0.2) is 0 Å². The Morgan fingerprint density at radius 1 is 1.08 bits per heavy atom. The van der Waals surface area contributed by atoms with Crippen molar-refractivity contribution < 1.29 is 9.53 Å². The third kappa shape index (κ3) is 4.30. The first kappa shape index (κ1) is 16.4. The third-order valence-electron chi connectivity index (χ3n) is 3.75. The summed E-state index contributed by atoms with van der Waals surface area (Å²) in [6.45, 7) is 2.50. The smallest absolute Gasteiger partial charge is 0.130 e. The van der Waals surface area contributed by atoms with Crippen LogP contribution < -0.4 is 4.74 Å². The van der Waals surface area contributed by atoms with Crippen molar-refractivity contribution in [1.29, 1.82) is 0 Å². The zero-order valence-electron chi connectivity index (χ0n) is 13.5. The first-order valence-electron chi connectivity index (χ1n) is 7.87. The van der Waals surface area contributed by atoms with Gasteiger partial charge in [-0.1, -0.05) is 42.5 Å². The van der Waals surface area contributed by atoms with E-state index in [1.165, 1.54) is 0 Å². The second kappa shape index (κ2) is 7.88. The second-order valence-corrected chi connectivity index (χ2v) is 6.58. The summed E-state index contributed by atoms with van der Waals surface area (Å²) in [5, 5.41) is 2.86. The van der Waals surface area contributed by atoms with Crippen molar-refractivity contribution in [3.05, 3.63) is 81.8 Å². The standard InChI is InChI=1S/C20H19NO2S/c1-15-14-24-20(21-15)18(12-22)11-16-7-9-19(10-8-16)23-13-17-5-3-2-4-6-17/h2-10,12,14,18H,11,13H2,1H3. The maximum atomic E-state index is 11.4. The number of ether oxygens (including phenoxy) is 1. The first-order valence-corrected chi connectivity index (χ1v) is 8.75. The minimum Gasteiger partial charge on any atom is -0.489 e. The quantitative estimate of drug-likeness (QED) is 0.594. The van der Waals surface area contributed by atoms with Gasteiger partial charge in [0.25, 0.3) is 0 Å². The highest BCUT2D eigenvalue weighted by Gasteiger charge is 2.15. The van der Waals surface area contributed by atoms with Crippen LogP contribution in [0.1, 0.15) is 27.7 Å². The summed E-state index contributed by atoms with van der Waals surface area (Å²) < 4.78 is 5.79. The van der Waals surface area contributed by atoms with E-state index in [1.54, 1.807) is 11.3 Å². The van der Waals surface area contributed by atoms with Crippen LogP contribution in [0.4, 0.5) is 0 Å². The Bertz CT molecular complexity index is 781. The summed E-state index contributed by atoms with van der Waals surface area (Å²) in [4.78, 5) is 15.8. The van der Waals surface area contributed by atoms with Gasteiger partial charge in [0.1, 0.15) is 23.7 Å². The van der Waals surface area contributed by atoms with Crippen LogP contribution in [-0.4, -0.2) is 11.3 Å². The number of carbonyl (C=O) groups is 1. The van der Waals surface area contributed by atoms with Gasteiger partial charge in [-0.05, 0) is 36.6 Å². The molecule has 0 aliphatic carbocycles. The number of rotatable bonds is 7. The van der Waals surface area contributed by atoms with Crippen LogP contribution in [0.25, 0.3) is 0 Å². The van der Waals surface area contributed by atoms with Gasteiger partial charge in [-0.3, -0.25) is 0 Å². The van der Waals surface area contributed by atoms with Gasteiger partial charge in [0.05, 0.1) is 5.92 Å². The normalized spacial score (nSPS) is 11.9. The molecule has 122 valence electrons. The van der Waals surface area contributed by atoms with E-state index in [9.17, 15) is 4.79 Å². The molecule has 0 saturated carbocycles. The number of hydrogen-bond donors (Lipinski definition) is 0. The fourth-order valence-corrected chi connectivity index (χ4v) is 3.31. The zero-order valence-corrected chi connectivity index (χ0v) is 14.3. The number of nitrogens with zero attached hydrogens (tertiary/aromatic N) is 1. The summed E-state index contributed by atoms with van der Waals surface area (Å²) in [5.74, 6) is 0.648. The second-order valence-electron chi connectivity index (χ2n) is 5.69. The summed E-state index contributed by atoms with van der Waals surface area (Å²) in [7, 11) is 0. The van der Waals surface area contributed by atoms with E-state index in [1.807, 2.05) is 66.9 Å². The van der Waals surface area contributed by atoms with Crippen LogP contribution in [0.15, 0.2) is 60.0 Å². The first-order chi connectivity index (χ1) is 11.7. The highest BCUT2D eigenvalue weighted by atomic mass is 32.1. The Hall–Kier alpha value is -2.46. The van der Waals surface area contributed by atoms with E-state index in [4.69, 9.17) is 4.74 Å². The van der Waals surface area contributed by atoms with E-state index in [0.29, 0.717) is 13.0 Å². The molecular formula is C20H19NO2S. The van der Waals surface area contributed by atoms with Gasteiger partial charge in [-0.25, -0.2) is 4.98 Å². The zero-order chi connectivity index (χ0) is 16.8. The fraction of sp³-hybridized carbons (Fsp3) is 0.200. The number of hydrogen-bond acceptors (Lipinski definition) is 4. The molecule has 0 fully saturated rings. The molecule has 0 aliphatic heterocycles. The summed E-state index contributed by atoms with van der Waals surface area (Å²) in [5.41, 5.74) is 3.21. The van der Waals surface area contributed by atoms with E-state index in [2.05, 4.69) is 4.98 Å². The third-order valence-corrected chi connectivity index (χ3v) is 4.84. The van der Waals surface area contributed by atoms with Gasteiger partial charge in [-0.2, -0.15) is 0 Å². The van der Waals surface area contributed by atoms with Gasteiger partial charge in [-0.15, -0.1) is 11.3 Å². The molecule has 4 heteroatoms. The number of carbonyl (C=O) groups excluding carboxylic acids is 1. The molecule has 1 atom stereocenters. The lowest BCUT2D eigenvalue weighted by molar-refractivity contribution is -0.109. The highest BCUT2D eigenvalue weighted by Crippen LogP contribution is 2.24. The Labute approximate surface area is 146 Å². The lowest BCUT2D eigenvalue weighted by atomic mass is 10.0. The molecule has 0 radical (unpaired) electrons. The van der Waals surface area contributed by atoms with Crippen LogP contribution in [0.2, 0.25) is 0 Å². The Balaban J connectivity index is 1.60. The topological polar surface area (TPSA) is 39.2 Å². The van der Waals surface area contributed by atoms with Crippen molar-refractivity contribution in [3.8, 4) is 5.75 Å². The average molecular weight is 337 g/mol. The Kier molecular flexibility index (Phi) is 5.39. The number of aldehydes is 1. The van der Waals surface area contributed by atoms with Crippen LogP contribution in [0.5, 0.6) is 5.75 Å². The summed E-state index contributed by atoms with van der Waals surface area (Å²) in [6.07, 6.45) is 1.65. The van der Waals surface area contributed by atoms with Gasteiger partial charge in [0.2, 0.25) is 0 Å². The minimum absolute atomic E-state index is 0.181. The Morgan fingerprint density at radius 2 is 1.83 bits per heavy atom. The van der Waals surface area contributed by atoms with Crippen molar-refractivity contribution in [1.82, 2.24) is 4.98 Å². The molecule has 0 aliphatic rings. The number of aromatic nitrogens is 1. The predicted octanol–water partition coefficient (Wildman–Crippen LogP) is 4.56. The predicted molar refractivity (Wildman–Crippen MR) is 96.6 cm³/mol. The SMILES string of the molecule is Cc1csc(C(C=O)Cc2ccc(OCc3ccccc3)cc2)n1. The van der Waals surface area contributed by atoms with Crippen LogP contribution in [0.3, 0.4) is 0 Å². The molecule has 3 nitrogen and oxygen atoms in total. The molecule has 1 unspecified atom stereocenters. The molecule has 2 aromatic carbocycles. The molecule has 0 amide bonds. The van der Waals surface area contributed by atoms with Crippen LogP contribution >= 0.6 is 11.3 Å². The minimum atomic E-state index is -0.181. The number of benzene rings is 2. The van der Waals surface area contributed by atoms with Gasteiger partial charge < -0.3 is 9.53 Å². The maximum absolute atomic E-state index is 11.4. The molecule has 0 N–H and O–H groups in total. The van der Waals surface area contributed by atoms with Gasteiger partial charge >= 0.3 is 0 Å². The molecule has 24 heavy (non-hydrogen) atoms. The van der Waals surface area contributed by atoms with Crippen molar-refractivity contribution in [2.75, 3.05) is 0 Å². The number of aryl methyl sites for hydroxylation is 1. The number of thiazole rings is 1. The molecule has 3 aromatic rings. The van der Waals surface area contributed by atoms with Crippen molar-refractivity contribution in [3.63, 3.8) is 0 Å².